The number of aliphatic carboxylic acids is 1. The normalized spacial score (nSPS) is 19.6. The van der Waals surface area contributed by atoms with Crippen molar-refractivity contribution in [3.63, 3.8) is 0 Å². The van der Waals surface area contributed by atoms with Gasteiger partial charge in [-0.05, 0) is 12.0 Å². The van der Waals surface area contributed by atoms with Crippen molar-refractivity contribution in [1.82, 2.24) is 15.1 Å². The molecule has 114 valence electrons. The highest BCUT2D eigenvalue weighted by atomic mass is 16.4. The third kappa shape index (κ3) is 3.33. The van der Waals surface area contributed by atoms with Crippen LogP contribution in [0.1, 0.15) is 17.5 Å². The molecule has 2 N–H and O–H groups in total. The second kappa shape index (κ2) is 6.01. The highest BCUT2D eigenvalue weighted by molar-refractivity contribution is 5.89. The van der Waals surface area contributed by atoms with Gasteiger partial charge in [0.2, 0.25) is 5.91 Å². The van der Waals surface area contributed by atoms with Crippen LogP contribution in [0.15, 0.2) is 42.7 Å². The Morgan fingerprint density at radius 3 is 2.68 bits per heavy atom. The minimum atomic E-state index is -0.893. The van der Waals surface area contributed by atoms with E-state index in [-0.39, 0.29) is 11.8 Å². The second-order valence-corrected chi connectivity index (χ2v) is 5.54. The molecule has 0 aliphatic heterocycles. The van der Waals surface area contributed by atoms with E-state index in [4.69, 9.17) is 5.11 Å². The van der Waals surface area contributed by atoms with E-state index >= 15 is 0 Å². The number of nitrogens with zero attached hydrogens (tertiary/aromatic N) is 2. The first-order valence-electron chi connectivity index (χ1n) is 7.19. The Morgan fingerprint density at radius 2 is 2.00 bits per heavy atom. The van der Waals surface area contributed by atoms with Crippen LogP contribution >= 0.6 is 0 Å². The summed E-state index contributed by atoms with van der Waals surface area (Å²) in [6, 6.07) is 9.99. The third-order valence-electron chi connectivity index (χ3n) is 3.79. The fourth-order valence-electron chi connectivity index (χ4n) is 2.43. The molecule has 1 amide bonds. The van der Waals surface area contributed by atoms with Gasteiger partial charge in [-0.25, -0.2) is 0 Å². The van der Waals surface area contributed by atoms with Crippen LogP contribution in [0, 0.1) is 11.8 Å². The van der Waals surface area contributed by atoms with Crippen LogP contribution < -0.4 is 5.32 Å². The van der Waals surface area contributed by atoms with Gasteiger partial charge in [0.05, 0.1) is 24.6 Å². The lowest BCUT2D eigenvalue weighted by molar-refractivity contribution is -0.140. The molecule has 6 nitrogen and oxygen atoms in total. The average molecular weight is 299 g/mol. The van der Waals surface area contributed by atoms with Gasteiger partial charge in [-0.1, -0.05) is 30.3 Å². The zero-order valence-corrected chi connectivity index (χ0v) is 12.0. The van der Waals surface area contributed by atoms with Gasteiger partial charge in [0.1, 0.15) is 0 Å². The van der Waals surface area contributed by atoms with E-state index in [0.29, 0.717) is 19.5 Å². The Hall–Kier alpha value is -2.63. The number of carbonyl (C=O) groups excluding carboxylic acids is 1. The standard InChI is InChI=1S/C16H17N3O3/c20-15(13-6-14(13)16(21)22)17-7-12-8-18-19(10-12)9-11-4-2-1-3-5-11/h1-5,8,10,13-14H,6-7,9H2,(H,17,20)(H,21,22)/t13-,14+/m0/s1. The molecular formula is C16H17N3O3. The average Bonchev–Trinajstić information content (AvgIpc) is 3.21. The number of hydrogen-bond donors (Lipinski definition) is 2. The van der Waals surface area contributed by atoms with Gasteiger partial charge in [0.15, 0.2) is 0 Å². The molecule has 22 heavy (non-hydrogen) atoms. The molecule has 2 atom stereocenters. The molecule has 1 heterocycles. The number of rotatable bonds is 6. The van der Waals surface area contributed by atoms with Crippen molar-refractivity contribution >= 4 is 11.9 Å². The lowest BCUT2D eigenvalue weighted by atomic mass is 10.2. The topological polar surface area (TPSA) is 84.2 Å². The van der Waals surface area contributed by atoms with E-state index in [1.54, 1.807) is 6.20 Å². The molecule has 1 aromatic carbocycles. The Labute approximate surface area is 127 Å². The quantitative estimate of drug-likeness (QED) is 0.841. The van der Waals surface area contributed by atoms with E-state index in [0.717, 1.165) is 11.1 Å². The zero-order chi connectivity index (χ0) is 15.5. The molecule has 0 saturated heterocycles. The summed E-state index contributed by atoms with van der Waals surface area (Å²) in [5, 5.41) is 15.8. The minimum absolute atomic E-state index is 0.191. The molecule has 0 spiro atoms. The van der Waals surface area contributed by atoms with E-state index in [1.165, 1.54) is 0 Å². The molecule has 1 fully saturated rings. The molecule has 0 bridgehead atoms. The van der Waals surface area contributed by atoms with Gasteiger partial charge >= 0.3 is 5.97 Å². The summed E-state index contributed by atoms with van der Waals surface area (Å²) in [5.41, 5.74) is 2.06. The summed E-state index contributed by atoms with van der Waals surface area (Å²) >= 11 is 0. The highest BCUT2D eigenvalue weighted by Crippen LogP contribution is 2.38. The molecule has 1 aliphatic rings. The van der Waals surface area contributed by atoms with Gasteiger partial charge in [-0.3, -0.25) is 14.3 Å². The van der Waals surface area contributed by atoms with Gasteiger partial charge in [-0.2, -0.15) is 5.10 Å². The molecule has 1 saturated carbocycles. The summed E-state index contributed by atoms with van der Waals surface area (Å²) in [6.07, 6.45) is 4.04. The summed E-state index contributed by atoms with van der Waals surface area (Å²) in [7, 11) is 0. The number of carbonyl (C=O) groups is 2. The molecule has 2 aromatic rings. The Kier molecular flexibility index (Phi) is 3.91. The first kappa shape index (κ1) is 14.3. The van der Waals surface area contributed by atoms with Gasteiger partial charge in [-0.15, -0.1) is 0 Å². The number of amides is 1. The summed E-state index contributed by atoms with van der Waals surface area (Å²) in [5.74, 6) is -1.98. The lowest BCUT2D eigenvalue weighted by Gasteiger charge is -2.02. The monoisotopic (exact) mass is 299 g/mol. The predicted molar refractivity (Wildman–Crippen MR) is 78.9 cm³/mol. The first-order chi connectivity index (χ1) is 10.6. The smallest absolute Gasteiger partial charge is 0.307 e. The van der Waals surface area contributed by atoms with Crippen LogP contribution in [0.5, 0.6) is 0 Å². The Bertz CT molecular complexity index is 681. The lowest BCUT2D eigenvalue weighted by Crippen LogP contribution is -2.25. The molecule has 6 heteroatoms. The molecule has 0 unspecified atom stereocenters. The van der Waals surface area contributed by atoms with Crippen LogP contribution in [-0.2, 0) is 22.7 Å². The zero-order valence-electron chi connectivity index (χ0n) is 12.0. The summed E-state index contributed by atoms with van der Waals surface area (Å²) in [4.78, 5) is 22.5. The van der Waals surface area contributed by atoms with Gasteiger partial charge in [0, 0.05) is 18.3 Å². The Morgan fingerprint density at radius 1 is 1.23 bits per heavy atom. The maximum absolute atomic E-state index is 11.8. The van der Waals surface area contributed by atoms with E-state index in [1.807, 2.05) is 41.2 Å². The van der Waals surface area contributed by atoms with E-state index in [2.05, 4.69) is 10.4 Å². The fraction of sp³-hybridized carbons (Fsp3) is 0.312. The van der Waals surface area contributed by atoms with Crippen molar-refractivity contribution in [2.45, 2.75) is 19.5 Å². The first-order valence-corrected chi connectivity index (χ1v) is 7.19. The minimum Gasteiger partial charge on any atom is -0.481 e. The number of carboxylic acid groups (broad SMARTS) is 1. The van der Waals surface area contributed by atoms with Crippen molar-refractivity contribution < 1.29 is 14.7 Å². The van der Waals surface area contributed by atoms with Gasteiger partial charge < -0.3 is 10.4 Å². The van der Waals surface area contributed by atoms with Crippen LogP contribution in [0.4, 0.5) is 0 Å². The van der Waals surface area contributed by atoms with Crippen LogP contribution in [0.3, 0.4) is 0 Å². The van der Waals surface area contributed by atoms with Crippen molar-refractivity contribution in [2.75, 3.05) is 0 Å². The van der Waals surface area contributed by atoms with Gasteiger partial charge in [0.25, 0.3) is 0 Å². The molecule has 1 aliphatic carbocycles. The van der Waals surface area contributed by atoms with E-state index in [9.17, 15) is 9.59 Å². The van der Waals surface area contributed by atoms with Crippen LogP contribution in [-0.4, -0.2) is 26.8 Å². The third-order valence-corrected chi connectivity index (χ3v) is 3.79. The highest BCUT2D eigenvalue weighted by Gasteiger charge is 2.48. The summed E-state index contributed by atoms with van der Waals surface area (Å²) in [6.45, 7) is 1.05. The SMILES string of the molecule is O=C(NCc1cnn(Cc2ccccc2)c1)[C@H]1C[C@H]1C(=O)O. The van der Waals surface area contributed by atoms with Crippen molar-refractivity contribution in [1.29, 1.82) is 0 Å². The van der Waals surface area contributed by atoms with Crippen molar-refractivity contribution in [2.24, 2.45) is 11.8 Å². The largest absolute Gasteiger partial charge is 0.481 e. The molecule has 0 radical (unpaired) electrons. The van der Waals surface area contributed by atoms with Crippen molar-refractivity contribution in [3.8, 4) is 0 Å². The number of carboxylic acids is 1. The van der Waals surface area contributed by atoms with Crippen molar-refractivity contribution in [3.05, 3.63) is 53.9 Å². The Balaban J connectivity index is 1.50. The maximum atomic E-state index is 11.8. The predicted octanol–water partition coefficient (Wildman–Crippen LogP) is 1.27. The number of nitrogens with one attached hydrogen (secondary N) is 1. The molecular weight excluding hydrogens is 282 g/mol. The molecule has 3 rings (SSSR count). The van der Waals surface area contributed by atoms with Crippen LogP contribution in [0.2, 0.25) is 0 Å². The number of aromatic nitrogens is 2. The fourth-order valence-corrected chi connectivity index (χ4v) is 2.43. The summed E-state index contributed by atoms with van der Waals surface area (Å²) < 4.78 is 1.81. The van der Waals surface area contributed by atoms with Crippen LogP contribution in [0.25, 0.3) is 0 Å². The maximum Gasteiger partial charge on any atom is 0.307 e. The van der Waals surface area contributed by atoms with E-state index < -0.39 is 11.9 Å². The molecule has 1 aromatic heterocycles. The number of hydrogen-bond acceptors (Lipinski definition) is 3. The second-order valence-electron chi connectivity index (χ2n) is 5.54. The number of benzene rings is 1.